The zero-order valence-corrected chi connectivity index (χ0v) is 21.8. The van der Waals surface area contributed by atoms with Gasteiger partial charge in [0.25, 0.3) is 5.91 Å². The largest absolute Gasteiger partial charge is 0.416 e. The van der Waals surface area contributed by atoms with Gasteiger partial charge in [0.15, 0.2) is 0 Å². The van der Waals surface area contributed by atoms with Crippen molar-refractivity contribution in [2.45, 2.75) is 19.1 Å². The van der Waals surface area contributed by atoms with Crippen molar-refractivity contribution in [2.75, 3.05) is 31.8 Å². The van der Waals surface area contributed by atoms with E-state index in [-0.39, 0.29) is 23.1 Å². The monoisotopic (exact) mass is 553 g/mol. The Kier molecular flexibility index (Phi) is 8.14. The molecule has 0 aliphatic rings. The van der Waals surface area contributed by atoms with E-state index in [1.165, 1.54) is 36.4 Å². The summed E-state index contributed by atoms with van der Waals surface area (Å²) in [5.41, 5.74) is 7.08. The molecule has 2 amide bonds. The van der Waals surface area contributed by atoms with Crippen LogP contribution < -0.4 is 11.1 Å². The smallest absolute Gasteiger partial charge is 0.382 e. The van der Waals surface area contributed by atoms with Crippen LogP contribution in [0.25, 0.3) is 16.8 Å². The van der Waals surface area contributed by atoms with Crippen LogP contribution in [0, 0.1) is 0 Å². The van der Waals surface area contributed by atoms with Crippen LogP contribution in [0.5, 0.6) is 0 Å². The van der Waals surface area contributed by atoms with Crippen LogP contribution >= 0.6 is 0 Å². The topological polar surface area (TPSA) is 128 Å². The van der Waals surface area contributed by atoms with Crippen molar-refractivity contribution in [3.8, 4) is 11.3 Å². The van der Waals surface area contributed by atoms with Crippen LogP contribution in [0.3, 0.4) is 0 Å². The number of imidazole rings is 1. The molecule has 0 saturated heterocycles. The maximum absolute atomic E-state index is 13.0. The molecule has 0 radical (unpaired) electrons. The first-order valence-corrected chi connectivity index (χ1v) is 12.0. The van der Waals surface area contributed by atoms with Crippen LogP contribution in [0.15, 0.2) is 67.1 Å². The van der Waals surface area contributed by atoms with Gasteiger partial charge in [0, 0.05) is 50.0 Å². The SMILES string of the molecule is COCC=CC(=O)N(C)[C@@H](C)c1nc(-c2ccc(C(=O)Nc3cc(C(F)(F)F)ccn3)cc2)c2c(N)nccn12. The maximum Gasteiger partial charge on any atom is 0.416 e. The number of ether oxygens (including phenoxy) is 1. The summed E-state index contributed by atoms with van der Waals surface area (Å²) in [4.78, 5) is 39.6. The Morgan fingerprint density at radius 3 is 2.58 bits per heavy atom. The normalized spacial score (nSPS) is 12.6. The van der Waals surface area contributed by atoms with E-state index in [1.54, 1.807) is 35.9 Å². The molecule has 0 bridgehead atoms. The van der Waals surface area contributed by atoms with Crippen LogP contribution in [0.1, 0.15) is 34.7 Å². The minimum absolute atomic E-state index is 0.194. The predicted octanol–water partition coefficient (Wildman–Crippen LogP) is 4.37. The van der Waals surface area contributed by atoms with Crippen molar-refractivity contribution < 1.29 is 27.5 Å². The molecule has 3 heterocycles. The minimum atomic E-state index is -4.56. The van der Waals surface area contributed by atoms with Crippen molar-refractivity contribution in [3.63, 3.8) is 0 Å². The Morgan fingerprint density at radius 1 is 1.18 bits per heavy atom. The Balaban J connectivity index is 1.62. The van der Waals surface area contributed by atoms with Crippen LogP contribution in [-0.4, -0.2) is 56.8 Å². The molecule has 0 fully saturated rings. The van der Waals surface area contributed by atoms with Gasteiger partial charge in [-0.1, -0.05) is 18.2 Å². The molecule has 0 unspecified atom stereocenters. The second-order valence-corrected chi connectivity index (χ2v) is 8.79. The highest BCUT2D eigenvalue weighted by Gasteiger charge is 2.31. The average Bonchev–Trinajstić information content (AvgIpc) is 3.33. The first-order valence-electron chi connectivity index (χ1n) is 12.0. The number of nitrogens with one attached hydrogen (secondary N) is 1. The number of carbonyl (C=O) groups excluding carboxylic acids is 2. The molecule has 40 heavy (non-hydrogen) atoms. The average molecular weight is 554 g/mol. The highest BCUT2D eigenvalue weighted by Crippen LogP contribution is 2.32. The number of alkyl halides is 3. The fourth-order valence-corrected chi connectivity index (χ4v) is 3.95. The number of fused-ring (bicyclic) bond motifs is 1. The molecule has 208 valence electrons. The van der Waals surface area contributed by atoms with Crippen molar-refractivity contribution in [2.24, 2.45) is 0 Å². The third kappa shape index (κ3) is 5.94. The fourth-order valence-electron chi connectivity index (χ4n) is 3.95. The Morgan fingerprint density at radius 2 is 1.90 bits per heavy atom. The third-order valence-corrected chi connectivity index (χ3v) is 6.19. The molecule has 0 spiro atoms. The number of nitrogen functional groups attached to an aromatic ring is 1. The van der Waals surface area contributed by atoms with Gasteiger partial charge in [0.05, 0.1) is 18.2 Å². The summed E-state index contributed by atoms with van der Waals surface area (Å²) in [7, 11) is 3.19. The number of hydrogen-bond acceptors (Lipinski definition) is 7. The number of aromatic nitrogens is 4. The lowest BCUT2D eigenvalue weighted by Crippen LogP contribution is -2.29. The standard InChI is InChI=1S/C27H26F3N7O3/c1-16(36(2)21(38)5-4-14-40-3)25-35-22(23-24(31)33-12-13-37(23)25)17-6-8-18(9-7-17)26(39)34-20-15-19(10-11-32-20)27(28,29)30/h4-13,15-16H,14H2,1-3H3,(H2,31,33)(H,32,34,39)/t16-/m0/s1. The van der Waals surface area contributed by atoms with Crippen molar-refractivity contribution in [1.29, 1.82) is 0 Å². The Labute approximate surface area is 227 Å². The molecule has 10 nitrogen and oxygen atoms in total. The zero-order chi connectivity index (χ0) is 29.0. The molecule has 0 aliphatic carbocycles. The lowest BCUT2D eigenvalue weighted by molar-refractivity contribution is -0.137. The van der Waals surface area contributed by atoms with Gasteiger partial charge in [-0.3, -0.25) is 14.0 Å². The molecule has 4 rings (SSSR count). The van der Waals surface area contributed by atoms with Gasteiger partial charge in [-0.05, 0) is 31.2 Å². The molecule has 3 N–H and O–H groups in total. The number of nitrogens with two attached hydrogens (primary N) is 1. The van der Waals surface area contributed by atoms with E-state index in [1.807, 2.05) is 6.92 Å². The molecule has 13 heteroatoms. The number of carbonyl (C=O) groups is 2. The summed E-state index contributed by atoms with van der Waals surface area (Å²) in [5.74, 6) is -0.347. The molecule has 4 aromatic rings. The predicted molar refractivity (Wildman–Crippen MR) is 142 cm³/mol. The van der Waals surface area contributed by atoms with Crippen LogP contribution in [-0.2, 0) is 15.7 Å². The molecular weight excluding hydrogens is 527 g/mol. The number of anilines is 2. The van der Waals surface area contributed by atoms with E-state index in [9.17, 15) is 22.8 Å². The lowest BCUT2D eigenvalue weighted by Gasteiger charge is -2.22. The summed E-state index contributed by atoms with van der Waals surface area (Å²) in [6, 6.07) is 7.43. The number of benzene rings is 1. The van der Waals surface area contributed by atoms with Gasteiger partial charge in [0.2, 0.25) is 5.91 Å². The number of nitrogens with zero attached hydrogens (tertiary/aromatic N) is 5. The highest BCUT2D eigenvalue weighted by molar-refractivity contribution is 6.04. The van der Waals surface area contributed by atoms with E-state index in [0.29, 0.717) is 29.2 Å². The molecule has 3 aromatic heterocycles. The molecule has 0 aliphatic heterocycles. The molecule has 1 aromatic carbocycles. The van der Waals surface area contributed by atoms with E-state index in [0.717, 1.165) is 18.3 Å². The van der Waals surface area contributed by atoms with Crippen LogP contribution in [0.4, 0.5) is 24.8 Å². The number of rotatable bonds is 8. The van der Waals surface area contributed by atoms with Gasteiger partial charge in [-0.25, -0.2) is 15.0 Å². The van der Waals surface area contributed by atoms with Gasteiger partial charge in [-0.2, -0.15) is 13.2 Å². The number of methoxy groups -OCH3 is 1. The zero-order valence-electron chi connectivity index (χ0n) is 21.8. The van der Waals surface area contributed by atoms with E-state index in [4.69, 9.17) is 15.5 Å². The van der Waals surface area contributed by atoms with Gasteiger partial charge in [0.1, 0.15) is 28.7 Å². The molecule has 0 saturated carbocycles. The number of pyridine rings is 1. The first-order chi connectivity index (χ1) is 19.0. The number of hydrogen-bond donors (Lipinski definition) is 2. The Bertz CT molecular complexity index is 1570. The van der Waals surface area contributed by atoms with Crippen molar-refractivity contribution in [1.82, 2.24) is 24.3 Å². The quantitative estimate of drug-likeness (QED) is 0.310. The second-order valence-electron chi connectivity index (χ2n) is 8.79. The summed E-state index contributed by atoms with van der Waals surface area (Å²) in [5, 5.41) is 2.38. The van der Waals surface area contributed by atoms with Gasteiger partial charge in [-0.15, -0.1) is 0 Å². The number of likely N-dealkylation sites (N-methyl/N-ethyl adjacent to an activating group) is 1. The first kappa shape index (κ1) is 28.2. The summed E-state index contributed by atoms with van der Waals surface area (Å²) >= 11 is 0. The Hall–Kier alpha value is -4.78. The summed E-state index contributed by atoms with van der Waals surface area (Å²) < 4.78 is 45.7. The number of halogens is 3. The van der Waals surface area contributed by atoms with Gasteiger partial charge < -0.3 is 20.7 Å². The minimum Gasteiger partial charge on any atom is -0.382 e. The third-order valence-electron chi connectivity index (χ3n) is 6.19. The molecule has 1 atom stereocenters. The summed E-state index contributed by atoms with van der Waals surface area (Å²) in [6.45, 7) is 2.13. The summed E-state index contributed by atoms with van der Waals surface area (Å²) in [6.07, 6.45) is 2.67. The molecular formula is C27H26F3N7O3. The van der Waals surface area contributed by atoms with E-state index < -0.39 is 23.7 Å². The van der Waals surface area contributed by atoms with E-state index >= 15 is 0 Å². The maximum atomic E-state index is 13.0. The van der Waals surface area contributed by atoms with Crippen molar-refractivity contribution in [3.05, 3.63) is 84.1 Å². The number of amides is 2. The van der Waals surface area contributed by atoms with E-state index in [2.05, 4.69) is 15.3 Å². The van der Waals surface area contributed by atoms with Crippen molar-refractivity contribution >= 4 is 29.0 Å². The van der Waals surface area contributed by atoms with Crippen LogP contribution in [0.2, 0.25) is 0 Å². The van der Waals surface area contributed by atoms with Gasteiger partial charge >= 0.3 is 6.18 Å². The fraction of sp³-hybridized carbons (Fsp3) is 0.222. The lowest BCUT2D eigenvalue weighted by atomic mass is 10.1. The second kappa shape index (κ2) is 11.5. The highest BCUT2D eigenvalue weighted by atomic mass is 19.4.